The predicted octanol–water partition coefficient (Wildman–Crippen LogP) is -0.854. The van der Waals surface area contributed by atoms with E-state index in [0.29, 0.717) is 0 Å². The van der Waals surface area contributed by atoms with Gasteiger partial charge < -0.3 is 5.11 Å². The Bertz CT molecular complexity index is 264. The van der Waals surface area contributed by atoms with Gasteiger partial charge in [0.1, 0.15) is 12.2 Å². The largest absolute Gasteiger partial charge is 0.397 e. The number of hydrogen-bond donors (Lipinski definition) is 2. The summed E-state index contributed by atoms with van der Waals surface area (Å²) in [5, 5.41) is 9.10. The number of aliphatic hydroxyl groups is 1. The maximum Gasteiger partial charge on any atom is 0.397 e. The summed E-state index contributed by atoms with van der Waals surface area (Å²) in [6.45, 7) is 1.37. The van der Waals surface area contributed by atoms with Crippen molar-refractivity contribution in [3.05, 3.63) is 0 Å². The van der Waals surface area contributed by atoms with Crippen LogP contribution in [0.4, 0.5) is 0 Å². The molecule has 0 saturated heterocycles. The quantitative estimate of drug-likeness (QED) is 0.570. The van der Waals surface area contributed by atoms with Crippen LogP contribution in [0.3, 0.4) is 0 Å². The molecule has 0 aromatic heterocycles. The Morgan fingerprint density at radius 3 is 2.25 bits per heavy atom. The van der Waals surface area contributed by atoms with E-state index < -0.39 is 28.4 Å². The van der Waals surface area contributed by atoms with E-state index in [2.05, 4.69) is 4.18 Å². The van der Waals surface area contributed by atoms with Crippen molar-refractivity contribution in [1.29, 1.82) is 0 Å². The van der Waals surface area contributed by atoms with Crippen molar-refractivity contribution in [2.24, 2.45) is 0 Å². The third-order valence-electron chi connectivity index (χ3n) is 1.25. The fourth-order valence-electron chi connectivity index (χ4n) is 0.291. The molecule has 1 atom stereocenters. The van der Waals surface area contributed by atoms with Crippen molar-refractivity contribution in [3.8, 4) is 0 Å². The van der Waals surface area contributed by atoms with Gasteiger partial charge in [-0.1, -0.05) is 0 Å². The van der Waals surface area contributed by atoms with Crippen LogP contribution in [-0.2, 0) is 19.4 Å². The molecule has 6 nitrogen and oxygen atoms in total. The molecule has 0 aliphatic rings. The number of hydrogen-bond acceptors (Lipinski definition) is 5. The van der Waals surface area contributed by atoms with Gasteiger partial charge in [-0.3, -0.25) is 9.35 Å². The first-order valence-electron chi connectivity index (χ1n) is 3.00. The van der Waals surface area contributed by atoms with Gasteiger partial charge in [-0.2, -0.15) is 8.42 Å². The smallest absolute Gasteiger partial charge is 0.380 e. The van der Waals surface area contributed by atoms with Gasteiger partial charge >= 0.3 is 10.4 Å². The van der Waals surface area contributed by atoms with Crippen LogP contribution < -0.4 is 0 Å². The van der Waals surface area contributed by atoms with E-state index in [1.54, 1.807) is 0 Å². The Morgan fingerprint density at radius 1 is 1.58 bits per heavy atom. The second-order valence-electron chi connectivity index (χ2n) is 2.52. The summed E-state index contributed by atoms with van der Waals surface area (Å²) in [6.07, 6.45) is 0. The fourth-order valence-corrected chi connectivity index (χ4v) is 0.669. The summed E-state index contributed by atoms with van der Waals surface area (Å²) in [7, 11) is -4.60. The molecule has 0 saturated carbocycles. The average molecular weight is 198 g/mol. The Balaban J connectivity index is 4.20. The van der Waals surface area contributed by atoms with Crippen LogP contribution in [0.15, 0.2) is 0 Å². The van der Waals surface area contributed by atoms with Gasteiger partial charge in [-0.15, -0.1) is 0 Å². The lowest BCUT2D eigenvalue weighted by molar-refractivity contribution is -0.136. The summed E-state index contributed by atoms with van der Waals surface area (Å²) >= 11 is 0. The van der Waals surface area contributed by atoms with Gasteiger partial charge in [-0.05, 0) is 13.8 Å². The monoisotopic (exact) mass is 198 g/mol. The average Bonchev–Trinajstić information content (AvgIpc) is 1.82. The summed E-state index contributed by atoms with van der Waals surface area (Å²) in [4.78, 5) is 10.6. The highest BCUT2D eigenvalue weighted by Gasteiger charge is 2.28. The standard InChI is InChI=1S/C5H10O6S/c1-4(6)5(2,7)3-11-12(8,9)10/h7H,3H2,1-2H3,(H,8,9,10). The molecule has 0 aromatic carbocycles. The highest BCUT2D eigenvalue weighted by atomic mass is 32.3. The van der Waals surface area contributed by atoms with Crippen molar-refractivity contribution < 1.29 is 27.1 Å². The molecule has 7 heteroatoms. The van der Waals surface area contributed by atoms with E-state index in [4.69, 9.17) is 9.66 Å². The van der Waals surface area contributed by atoms with Crippen LogP contribution in [0.1, 0.15) is 13.8 Å². The molecule has 2 N–H and O–H groups in total. The first-order chi connectivity index (χ1) is 5.15. The summed E-state index contributed by atoms with van der Waals surface area (Å²) in [5.41, 5.74) is -1.89. The lowest BCUT2D eigenvalue weighted by Crippen LogP contribution is -2.39. The normalized spacial score (nSPS) is 17.0. The van der Waals surface area contributed by atoms with Crippen LogP contribution in [0.2, 0.25) is 0 Å². The van der Waals surface area contributed by atoms with E-state index in [0.717, 1.165) is 13.8 Å². The first kappa shape index (κ1) is 11.5. The minimum absolute atomic E-state index is 0.647. The van der Waals surface area contributed by atoms with Crippen LogP contribution in [0.5, 0.6) is 0 Å². The zero-order valence-electron chi connectivity index (χ0n) is 6.64. The zero-order valence-corrected chi connectivity index (χ0v) is 7.46. The molecule has 0 aliphatic heterocycles. The molecule has 0 heterocycles. The van der Waals surface area contributed by atoms with Crippen LogP contribution in [0.25, 0.3) is 0 Å². The molecule has 0 aliphatic carbocycles. The highest BCUT2D eigenvalue weighted by molar-refractivity contribution is 7.80. The summed E-state index contributed by atoms with van der Waals surface area (Å²) in [6, 6.07) is 0. The third kappa shape index (κ3) is 4.39. The lowest BCUT2D eigenvalue weighted by atomic mass is 10.0. The first-order valence-corrected chi connectivity index (χ1v) is 4.37. The summed E-state index contributed by atoms with van der Waals surface area (Å²) < 4.78 is 31.9. The number of carbonyl (C=O) groups excluding carboxylic acids is 1. The van der Waals surface area contributed by atoms with Gasteiger partial charge in [-0.25, -0.2) is 4.18 Å². The molecule has 0 bridgehead atoms. The van der Waals surface area contributed by atoms with E-state index in [9.17, 15) is 13.2 Å². The van der Waals surface area contributed by atoms with Gasteiger partial charge in [0.25, 0.3) is 0 Å². The Hall–Kier alpha value is -0.500. The van der Waals surface area contributed by atoms with Crippen molar-refractivity contribution in [2.45, 2.75) is 19.4 Å². The van der Waals surface area contributed by atoms with Crippen LogP contribution >= 0.6 is 0 Å². The van der Waals surface area contributed by atoms with Gasteiger partial charge in [0, 0.05) is 0 Å². The SMILES string of the molecule is CC(=O)C(C)(O)COS(=O)(=O)O. The molecule has 0 fully saturated rings. The second-order valence-corrected chi connectivity index (χ2v) is 3.61. The molecular formula is C5H10O6S. The molecule has 1 unspecified atom stereocenters. The van der Waals surface area contributed by atoms with Crippen LogP contribution in [-0.4, -0.2) is 36.1 Å². The van der Waals surface area contributed by atoms with Gasteiger partial charge in [0.05, 0.1) is 0 Å². The molecule has 12 heavy (non-hydrogen) atoms. The maximum atomic E-state index is 10.6. The Morgan fingerprint density at radius 2 is 2.00 bits per heavy atom. The van der Waals surface area contributed by atoms with Crippen molar-refractivity contribution in [2.75, 3.05) is 6.61 Å². The highest BCUT2D eigenvalue weighted by Crippen LogP contribution is 2.06. The number of Topliss-reactive ketones (excluding diaryl/α,β-unsaturated/α-hetero) is 1. The van der Waals surface area contributed by atoms with E-state index >= 15 is 0 Å². The molecule has 0 aromatic rings. The van der Waals surface area contributed by atoms with Gasteiger partial charge in [0.15, 0.2) is 5.78 Å². The van der Waals surface area contributed by atoms with Crippen molar-refractivity contribution in [3.63, 3.8) is 0 Å². The number of rotatable bonds is 4. The maximum absolute atomic E-state index is 10.6. The lowest BCUT2D eigenvalue weighted by Gasteiger charge is -2.17. The Kier molecular flexibility index (Phi) is 3.34. The molecule has 72 valence electrons. The fraction of sp³-hybridized carbons (Fsp3) is 0.800. The van der Waals surface area contributed by atoms with Crippen molar-refractivity contribution >= 4 is 16.2 Å². The van der Waals surface area contributed by atoms with E-state index in [1.165, 1.54) is 0 Å². The minimum atomic E-state index is -4.60. The topological polar surface area (TPSA) is 101 Å². The molecular weight excluding hydrogens is 188 g/mol. The molecule has 0 spiro atoms. The van der Waals surface area contributed by atoms with E-state index in [-0.39, 0.29) is 0 Å². The molecule has 0 radical (unpaired) electrons. The van der Waals surface area contributed by atoms with Gasteiger partial charge in [0.2, 0.25) is 0 Å². The predicted molar refractivity (Wildman–Crippen MR) is 38.8 cm³/mol. The molecule has 0 rings (SSSR count). The summed E-state index contributed by atoms with van der Waals surface area (Å²) in [5.74, 6) is -0.647. The second kappa shape index (κ2) is 3.48. The zero-order chi connectivity index (χ0) is 9.99. The number of carbonyl (C=O) groups is 1. The third-order valence-corrected chi connectivity index (χ3v) is 1.66. The van der Waals surface area contributed by atoms with Crippen molar-refractivity contribution in [1.82, 2.24) is 0 Å². The number of ketones is 1. The van der Waals surface area contributed by atoms with E-state index in [1.807, 2.05) is 0 Å². The van der Waals surface area contributed by atoms with Crippen LogP contribution in [0, 0.1) is 0 Å². The minimum Gasteiger partial charge on any atom is -0.380 e. The molecule has 0 amide bonds. The Labute approximate surface area is 70.1 Å².